The third-order valence-corrected chi connectivity index (χ3v) is 3.47. The SMILES string of the molecule is CCc1nc(-c2ccc(OC)nn2)[nH]c(=O)c1I. The molecular weight excluding hydrogens is 347 g/mol. The molecular formula is C11H11IN4O2. The summed E-state index contributed by atoms with van der Waals surface area (Å²) in [5.74, 6) is 0.842. The lowest BCUT2D eigenvalue weighted by molar-refractivity contribution is 0.392. The molecule has 7 heteroatoms. The van der Waals surface area contributed by atoms with Crippen LogP contribution in [-0.4, -0.2) is 27.3 Å². The zero-order valence-corrected chi connectivity index (χ0v) is 12.1. The Morgan fingerprint density at radius 3 is 2.72 bits per heavy atom. The van der Waals surface area contributed by atoms with Crippen molar-refractivity contribution >= 4 is 22.6 Å². The molecule has 1 N–H and O–H groups in total. The topological polar surface area (TPSA) is 80.8 Å². The van der Waals surface area contributed by atoms with Crippen LogP contribution in [0.2, 0.25) is 0 Å². The van der Waals surface area contributed by atoms with Gasteiger partial charge in [-0.3, -0.25) is 4.79 Å². The number of aromatic amines is 1. The smallest absolute Gasteiger partial charge is 0.264 e. The van der Waals surface area contributed by atoms with Gasteiger partial charge in [0.2, 0.25) is 5.88 Å². The van der Waals surface area contributed by atoms with Crippen molar-refractivity contribution in [1.82, 2.24) is 20.2 Å². The Kier molecular flexibility index (Phi) is 3.90. The maximum atomic E-state index is 11.7. The van der Waals surface area contributed by atoms with E-state index in [9.17, 15) is 4.79 Å². The number of hydrogen-bond acceptors (Lipinski definition) is 5. The molecule has 0 aliphatic rings. The number of rotatable bonds is 3. The molecule has 0 radical (unpaired) electrons. The molecule has 94 valence electrons. The van der Waals surface area contributed by atoms with E-state index in [0.717, 1.165) is 5.69 Å². The number of aromatic nitrogens is 4. The summed E-state index contributed by atoms with van der Waals surface area (Å²) in [5, 5.41) is 7.80. The van der Waals surface area contributed by atoms with E-state index in [1.54, 1.807) is 12.1 Å². The summed E-state index contributed by atoms with van der Waals surface area (Å²) < 4.78 is 5.54. The number of hydrogen-bond donors (Lipinski definition) is 1. The monoisotopic (exact) mass is 358 g/mol. The summed E-state index contributed by atoms with van der Waals surface area (Å²) in [6, 6.07) is 3.38. The first-order valence-corrected chi connectivity index (χ1v) is 6.40. The standard InChI is InChI=1S/C11H11IN4O2/c1-3-6-9(12)11(17)14-10(13-6)7-4-5-8(18-2)16-15-7/h4-5H,3H2,1-2H3,(H,13,14,17). The summed E-state index contributed by atoms with van der Waals surface area (Å²) in [6.07, 6.45) is 0.693. The van der Waals surface area contributed by atoms with Gasteiger partial charge in [-0.25, -0.2) is 4.98 Å². The van der Waals surface area contributed by atoms with Crippen molar-refractivity contribution in [3.8, 4) is 17.4 Å². The van der Waals surface area contributed by atoms with Gasteiger partial charge in [-0.2, -0.15) is 0 Å². The van der Waals surface area contributed by atoms with Crippen molar-refractivity contribution in [2.45, 2.75) is 13.3 Å². The van der Waals surface area contributed by atoms with E-state index < -0.39 is 0 Å². The molecule has 0 saturated heterocycles. The van der Waals surface area contributed by atoms with E-state index in [1.165, 1.54) is 7.11 Å². The minimum Gasteiger partial charge on any atom is -0.480 e. The van der Waals surface area contributed by atoms with Gasteiger partial charge in [0.05, 0.1) is 16.4 Å². The number of ether oxygens (including phenoxy) is 1. The van der Waals surface area contributed by atoms with Gasteiger partial charge in [-0.05, 0) is 35.1 Å². The quantitative estimate of drug-likeness (QED) is 0.839. The van der Waals surface area contributed by atoms with Crippen molar-refractivity contribution in [1.29, 1.82) is 0 Å². The van der Waals surface area contributed by atoms with E-state index >= 15 is 0 Å². The largest absolute Gasteiger partial charge is 0.480 e. The molecule has 2 aromatic rings. The molecule has 2 aromatic heterocycles. The average Bonchev–Trinajstić information content (AvgIpc) is 2.42. The van der Waals surface area contributed by atoms with Gasteiger partial charge in [0.1, 0.15) is 5.69 Å². The van der Waals surface area contributed by atoms with Crippen LogP contribution in [0, 0.1) is 3.57 Å². The molecule has 0 fully saturated rings. The second-order valence-corrected chi connectivity index (χ2v) is 4.57. The number of nitrogens with zero attached hydrogens (tertiary/aromatic N) is 3. The minimum absolute atomic E-state index is 0.157. The molecule has 0 spiro atoms. The highest BCUT2D eigenvalue weighted by Crippen LogP contribution is 2.14. The van der Waals surface area contributed by atoms with Crippen LogP contribution in [0.1, 0.15) is 12.6 Å². The number of H-pyrrole nitrogens is 1. The Morgan fingerprint density at radius 2 is 2.17 bits per heavy atom. The van der Waals surface area contributed by atoms with Crippen molar-refractivity contribution in [2.24, 2.45) is 0 Å². The van der Waals surface area contributed by atoms with Crippen LogP contribution in [0.5, 0.6) is 5.88 Å². The molecule has 0 amide bonds. The fraction of sp³-hybridized carbons (Fsp3) is 0.273. The van der Waals surface area contributed by atoms with Crippen molar-refractivity contribution in [3.05, 3.63) is 31.8 Å². The summed E-state index contributed by atoms with van der Waals surface area (Å²) in [5.41, 5.74) is 1.11. The Bertz CT molecular complexity index is 609. The molecule has 0 saturated carbocycles. The lowest BCUT2D eigenvalue weighted by Gasteiger charge is -2.04. The Labute approximate surface area is 117 Å². The highest BCUT2D eigenvalue weighted by atomic mass is 127. The molecule has 6 nitrogen and oxygen atoms in total. The van der Waals surface area contributed by atoms with E-state index in [0.29, 0.717) is 27.4 Å². The normalized spacial score (nSPS) is 10.4. The van der Waals surface area contributed by atoms with Crippen molar-refractivity contribution in [3.63, 3.8) is 0 Å². The summed E-state index contributed by atoms with van der Waals surface area (Å²) >= 11 is 1.99. The molecule has 0 aromatic carbocycles. The zero-order valence-electron chi connectivity index (χ0n) is 9.90. The number of methoxy groups -OCH3 is 1. The van der Waals surface area contributed by atoms with Gasteiger partial charge in [0, 0.05) is 6.07 Å². The number of halogens is 1. The predicted octanol–water partition coefficient (Wildman–Crippen LogP) is 1.40. The zero-order chi connectivity index (χ0) is 13.1. The fourth-order valence-electron chi connectivity index (χ4n) is 1.42. The molecule has 0 aliphatic carbocycles. The van der Waals surface area contributed by atoms with Gasteiger partial charge < -0.3 is 9.72 Å². The maximum absolute atomic E-state index is 11.7. The van der Waals surface area contributed by atoms with Crippen molar-refractivity contribution < 1.29 is 4.74 Å². The first kappa shape index (κ1) is 12.9. The highest BCUT2D eigenvalue weighted by Gasteiger charge is 2.10. The Hall–Kier alpha value is -1.51. The van der Waals surface area contributed by atoms with E-state index in [2.05, 4.69) is 20.2 Å². The average molecular weight is 358 g/mol. The van der Waals surface area contributed by atoms with Crippen molar-refractivity contribution in [2.75, 3.05) is 7.11 Å². The second-order valence-electron chi connectivity index (χ2n) is 3.49. The summed E-state index contributed by atoms with van der Waals surface area (Å²) in [4.78, 5) is 18.8. The predicted molar refractivity (Wildman–Crippen MR) is 74.5 cm³/mol. The maximum Gasteiger partial charge on any atom is 0.264 e. The van der Waals surface area contributed by atoms with Crippen LogP contribution in [0.3, 0.4) is 0 Å². The Morgan fingerprint density at radius 1 is 1.39 bits per heavy atom. The summed E-state index contributed by atoms with van der Waals surface area (Å²) in [6.45, 7) is 1.95. The second kappa shape index (κ2) is 5.42. The van der Waals surface area contributed by atoms with E-state index in [4.69, 9.17) is 4.74 Å². The molecule has 0 atom stereocenters. The van der Waals surface area contributed by atoms with Gasteiger partial charge >= 0.3 is 0 Å². The molecule has 2 rings (SSSR count). The lowest BCUT2D eigenvalue weighted by atomic mass is 10.3. The lowest BCUT2D eigenvalue weighted by Crippen LogP contribution is -2.16. The van der Waals surface area contributed by atoms with Crippen LogP contribution in [-0.2, 0) is 6.42 Å². The van der Waals surface area contributed by atoms with E-state index in [1.807, 2.05) is 29.5 Å². The molecule has 0 unspecified atom stereocenters. The van der Waals surface area contributed by atoms with Gasteiger partial charge in [-0.1, -0.05) is 6.92 Å². The van der Waals surface area contributed by atoms with E-state index in [-0.39, 0.29) is 5.56 Å². The minimum atomic E-state index is -0.157. The van der Waals surface area contributed by atoms with Gasteiger partial charge in [0.25, 0.3) is 5.56 Å². The molecule has 0 bridgehead atoms. The van der Waals surface area contributed by atoms with Crippen LogP contribution in [0.25, 0.3) is 11.5 Å². The highest BCUT2D eigenvalue weighted by molar-refractivity contribution is 14.1. The third-order valence-electron chi connectivity index (χ3n) is 2.36. The fourth-order valence-corrected chi connectivity index (χ4v) is 2.05. The van der Waals surface area contributed by atoms with Crippen LogP contribution in [0.4, 0.5) is 0 Å². The first-order valence-electron chi connectivity index (χ1n) is 5.32. The first-order chi connectivity index (χ1) is 8.65. The van der Waals surface area contributed by atoms with Gasteiger partial charge in [-0.15, -0.1) is 10.2 Å². The third kappa shape index (κ3) is 2.50. The number of aryl methyl sites for hydroxylation is 1. The summed E-state index contributed by atoms with van der Waals surface area (Å²) in [7, 11) is 1.52. The van der Waals surface area contributed by atoms with Crippen LogP contribution < -0.4 is 10.3 Å². The van der Waals surface area contributed by atoms with Gasteiger partial charge in [0.15, 0.2) is 5.82 Å². The Balaban J connectivity index is 2.50. The molecule has 2 heterocycles. The number of nitrogens with one attached hydrogen (secondary N) is 1. The van der Waals surface area contributed by atoms with Crippen LogP contribution in [0.15, 0.2) is 16.9 Å². The van der Waals surface area contributed by atoms with Crippen LogP contribution >= 0.6 is 22.6 Å². The molecule has 0 aliphatic heterocycles. The molecule has 18 heavy (non-hydrogen) atoms.